The van der Waals surface area contributed by atoms with E-state index in [1.165, 1.54) is 43.5 Å². The van der Waals surface area contributed by atoms with Crippen molar-refractivity contribution < 1.29 is 14.3 Å². The molecule has 6 nitrogen and oxygen atoms in total. The summed E-state index contributed by atoms with van der Waals surface area (Å²) in [6.45, 7) is 7.38. The highest BCUT2D eigenvalue weighted by atomic mass is 16.5. The molecule has 2 amide bonds. The number of hydrogen-bond donors (Lipinski definition) is 0. The lowest BCUT2D eigenvalue weighted by Gasteiger charge is -2.35. The SMILES string of the molecule is Cc1cc(C=CC(=O)N2CCN(C(=O)C3CCCO3)CC2)c(C)n1C1CCCCC1. The molecule has 2 aliphatic heterocycles. The number of amides is 2. The summed E-state index contributed by atoms with van der Waals surface area (Å²) in [5.41, 5.74) is 3.68. The average Bonchev–Trinajstić information content (AvgIpc) is 3.40. The molecule has 0 aromatic carbocycles. The smallest absolute Gasteiger partial charge is 0.251 e. The van der Waals surface area contributed by atoms with Crippen LogP contribution < -0.4 is 0 Å². The molecule has 1 atom stereocenters. The molecule has 164 valence electrons. The lowest BCUT2D eigenvalue weighted by molar-refractivity contribution is -0.144. The Morgan fingerprint density at radius 1 is 0.967 bits per heavy atom. The van der Waals surface area contributed by atoms with Gasteiger partial charge in [-0.1, -0.05) is 19.3 Å². The molecule has 4 rings (SSSR count). The maximum Gasteiger partial charge on any atom is 0.251 e. The predicted molar refractivity (Wildman–Crippen MR) is 117 cm³/mol. The van der Waals surface area contributed by atoms with E-state index in [1.54, 1.807) is 6.08 Å². The van der Waals surface area contributed by atoms with Crippen LogP contribution >= 0.6 is 0 Å². The van der Waals surface area contributed by atoms with Crippen molar-refractivity contribution in [1.29, 1.82) is 0 Å². The molecule has 3 fully saturated rings. The first-order chi connectivity index (χ1) is 14.5. The van der Waals surface area contributed by atoms with Gasteiger partial charge in [0.15, 0.2) is 0 Å². The minimum atomic E-state index is -0.272. The van der Waals surface area contributed by atoms with Gasteiger partial charge in [0, 0.05) is 56.3 Å². The van der Waals surface area contributed by atoms with Crippen molar-refractivity contribution in [2.45, 2.75) is 70.9 Å². The monoisotopic (exact) mass is 413 g/mol. The summed E-state index contributed by atoms with van der Waals surface area (Å²) in [7, 11) is 0. The Labute approximate surface area is 179 Å². The van der Waals surface area contributed by atoms with E-state index in [2.05, 4.69) is 24.5 Å². The molecule has 1 unspecified atom stereocenters. The zero-order valence-corrected chi connectivity index (χ0v) is 18.4. The van der Waals surface area contributed by atoms with Crippen molar-refractivity contribution >= 4 is 17.9 Å². The van der Waals surface area contributed by atoms with E-state index in [-0.39, 0.29) is 17.9 Å². The second-order valence-electron chi connectivity index (χ2n) is 8.97. The first kappa shape index (κ1) is 21.2. The molecule has 30 heavy (non-hydrogen) atoms. The van der Waals surface area contributed by atoms with E-state index >= 15 is 0 Å². The first-order valence-corrected chi connectivity index (χ1v) is 11.6. The standard InChI is InChI=1S/C24H35N3O3/c1-18-17-20(19(2)27(18)21-7-4-3-5-8-21)10-11-23(28)25-12-14-26(15-13-25)24(29)22-9-6-16-30-22/h10-11,17,21-22H,3-9,12-16H2,1-2H3. The Bertz CT molecular complexity index is 793. The fraction of sp³-hybridized carbons (Fsp3) is 0.667. The number of aryl methyl sites for hydroxylation is 1. The first-order valence-electron chi connectivity index (χ1n) is 11.6. The fourth-order valence-corrected chi connectivity index (χ4v) is 5.26. The molecular formula is C24H35N3O3. The third-order valence-electron chi connectivity index (χ3n) is 6.98. The van der Waals surface area contributed by atoms with Gasteiger partial charge in [0.05, 0.1) is 0 Å². The second-order valence-corrected chi connectivity index (χ2v) is 8.97. The Morgan fingerprint density at radius 2 is 1.67 bits per heavy atom. The van der Waals surface area contributed by atoms with Gasteiger partial charge in [0.1, 0.15) is 6.10 Å². The van der Waals surface area contributed by atoms with Crippen LogP contribution in [0.3, 0.4) is 0 Å². The zero-order valence-electron chi connectivity index (χ0n) is 18.4. The molecular weight excluding hydrogens is 378 g/mol. The largest absolute Gasteiger partial charge is 0.368 e. The Kier molecular flexibility index (Phi) is 6.61. The third-order valence-corrected chi connectivity index (χ3v) is 6.98. The van der Waals surface area contributed by atoms with Gasteiger partial charge in [0.2, 0.25) is 5.91 Å². The summed E-state index contributed by atoms with van der Waals surface area (Å²) in [6, 6.07) is 2.80. The Balaban J connectivity index is 1.33. The zero-order chi connectivity index (χ0) is 21.1. The summed E-state index contributed by atoms with van der Waals surface area (Å²) in [4.78, 5) is 28.9. The van der Waals surface area contributed by atoms with Crippen LogP contribution in [0.25, 0.3) is 6.08 Å². The summed E-state index contributed by atoms with van der Waals surface area (Å²) >= 11 is 0. The molecule has 2 saturated heterocycles. The minimum absolute atomic E-state index is 0.0293. The third kappa shape index (κ3) is 4.48. The predicted octanol–water partition coefficient (Wildman–Crippen LogP) is 3.47. The highest BCUT2D eigenvalue weighted by molar-refractivity contribution is 5.92. The molecule has 1 aromatic rings. The molecule has 1 saturated carbocycles. The lowest BCUT2D eigenvalue weighted by atomic mass is 9.95. The van der Waals surface area contributed by atoms with Crippen LogP contribution in [-0.2, 0) is 14.3 Å². The van der Waals surface area contributed by atoms with Crippen LogP contribution in [0.5, 0.6) is 0 Å². The van der Waals surface area contributed by atoms with Gasteiger partial charge in [-0.25, -0.2) is 0 Å². The average molecular weight is 414 g/mol. The number of nitrogens with zero attached hydrogens (tertiary/aromatic N) is 3. The van der Waals surface area contributed by atoms with Crippen molar-refractivity contribution in [3.63, 3.8) is 0 Å². The Morgan fingerprint density at radius 3 is 2.33 bits per heavy atom. The number of carbonyl (C=O) groups is 2. The van der Waals surface area contributed by atoms with Gasteiger partial charge in [-0.05, 0) is 57.2 Å². The number of piperazine rings is 1. The van der Waals surface area contributed by atoms with E-state index < -0.39 is 0 Å². The normalized spacial score (nSPS) is 23.5. The lowest BCUT2D eigenvalue weighted by Crippen LogP contribution is -2.52. The van der Waals surface area contributed by atoms with Gasteiger partial charge >= 0.3 is 0 Å². The van der Waals surface area contributed by atoms with Crippen molar-refractivity contribution in [2.24, 2.45) is 0 Å². The second kappa shape index (κ2) is 9.38. The quantitative estimate of drug-likeness (QED) is 0.710. The molecule has 3 aliphatic rings. The highest BCUT2D eigenvalue weighted by Crippen LogP contribution is 2.32. The molecule has 0 bridgehead atoms. The van der Waals surface area contributed by atoms with E-state index in [9.17, 15) is 9.59 Å². The number of rotatable bonds is 4. The summed E-state index contributed by atoms with van der Waals surface area (Å²) in [5.74, 6) is 0.118. The van der Waals surface area contributed by atoms with Crippen LogP contribution in [0, 0.1) is 13.8 Å². The van der Waals surface area contributed by atoms with Gasteiger partial charge < -0.3 is 19.1 Å². The van der Waals surface area contributed by atoms with E-state index in [4.69, 9.17) is 4.74 Å². The Hall–Kier alpha value is -2.08. The maximum atomic E-state index is 12.7. The topological polar surface area (TPSA) is 54.8 Å². The molecule has 1 aromatic heterocycles. The van der Waals surface area contributed by atoms with Crippen molar-refractivity contribution in [3.8, 4) is 0 Å². The van der Waals surface area contributed by atoms with E-state index in [0.717, 1.165) is 18.4 Å². The summed E-state index contributed by atoms with van der Waals surface area (Å²) in [6.07, 6.45) is 11.7. The number of hydrogen-bond acceptors (Lipinski definition) is 3. The van der Waals surface area contributed by atoms with Gasteiger partial charge in [-0.3, -0.25) is 9.59 Å². The van der Waals surface area contributed by atoms with E-state index in [0.29, 0.717) is 38.8 Å². The summed E-state index contributed by atoms with van der Waals surface area (Å²) in [5, 5.41) is 0. The van der Waals surface area contributed by atoms with Crippen LogP contribution in [-0.4, -0.2) is 65.1 Å². The highest BCUT2D eigenvalue weighted by Gasteiger charge is 2.31. The number of carbonyl (C=O) groups excluding carboxylic acids is 2. The van der Waals surface area contributed by atoms with Gasteiger partial charge in [-0.15, -0.1) is 0 Å². The van der Waals surface area contributed by atoms with Crippen LogP contribution in [0.15, 0.2) is 12.1 Å². The molecule has 0 radical (unpaired) electrons. The van der Waals surface area contributed by atoms with Crippen molar-refractivity contribution in [2.75, 3.05) is 32.8 Å². The fourth-order valence-electron chi connectivity index (χ4n) is 5.26. The number of ether oxygens (including phenoxy) is 1. The number of aromatic nitrogens is 1. The maximum absolute atomic E-state index is 12.7. The molecule has 0 N–H and O–H groups in total. The van der Waals surface area contributed by atoms with Crippen molar-refractivity contribution in [3.05, 3.63) is 29.1 Å². The van der Waals surface area contributed by atoms with Crippen LogP contribution in [0.1, 0.15) is 67.9 Å². The minimum Gasteiger partial charge on any atom is -0.368 e. The van der Waals surface area contributed by atoms with E-state index in [1.807, 2.05) is 15.9 Å². The van der Waals surface area contributed by atoms with Crippen LogP contribution in [0.2, 0.25) is 0 Å². The molecule has 6 heteroatoms. The van der Waals surface area contributed by atoms with Crippen molar-refractivity contribution in [1.82, 2.24) is 14.4 Å². The van der Waals surface area contributed by atoms with Gasteiger partial charge in [-0.2, -0.15) is 0 Å². The molecule has 0 spiro atoms. The summed E-state index contributed by atoms with van der Waals surface area (Å²) < 4.78 is 7.98. The molecule has 3 heterocycles. The van der Waals surface area contributed by atoms with Gasteiger partial charge in [0.25, 0.3) is 5.91 Å². The molecule has 1 aliphatic carbocycles. The van der Waals surface area contributed by atoms with Crippen LogP contribution in [0.4, 0.5) is 0 Å².